The van der Waals surface area contributed by atoms with Crippen LogP contribution in [0.4, 0.5) is 0 Å². The Morgan fingerprint density at radius 3 is 2.43 bits per heavy atom. The van der Waals surface area contributed by atoms with E-state index in [2.05, 4.69) is 31.1 Å². The summed E-state index contributed by atoms with van der Waals surface area (Å²) in [6, 6.07) is -0.0964. The van der Waals surface area contributed by atoms with Crippen LogP contribution in [0.5, 0.6) is 0 Å². The fourth-order valence-electron chi connectivity index (χ4n) is 1.36. The highest BCUT2D eigenvalue weighted by Gasteiger charge is 2.20. The molecule has 0 rings (SSSR count). The Morgan fingerprint density at radius 2 is 2.07 bits per heavy atom. The van der Waals surface area contributed by atoms with Crippen LogP contribution in [0.2, 0.25) is 0 Å². The van der Waals surface area contributed by atoms with Crippen LogP contribution in [0.3, 0.4) is 0 Å². The van der Waals surface area contributed by atoms with Gasteiger partial charge < -0.3 is 10.6 Å². The SMILES string of the molecule is C=C(CNC)NC(C(C)=O)C(C)CC. The molecule has 82 valence electrons. The minimum Gasteiger partial charge on any atom is -0.378 e. The molecule has 2 unspecified atom stereocenters. The fraction of sp³-hybridized carbons (Fsp3) is 0.727. The topological polar surface area (TPSA) is 41.1 Å². The van der Waals surface area contributed by atoms with Crippen LogP contribution in [-0.4, -0.2) is 25.4 Å². The maximum absolute atomic E-state index is 11.4. The number of carbonyl (C=O) groups excluding carboxylic acids is 1. The zero-order chi connectivity index (χ0) is 11.1. The van der Waals surface area contributed by atoms with Crippen molar-refractivity contribution in [2.24, 2.45) is 5.92 Å². The maximum Gasteiger partial charge on any atom is 0.152 e. The number of carbonyl (C=O) groups is 1. The molecular formula is C11H22N2O. The minimum atomic E-state index is -0.0964. The van der Waals surface area contributed by atoms with Gasteiger partial charge in [-0.2, -0.15) is 0 Å². The summed E-state index contributed by atoms with van der Waals surface area (Å²) in [5.41, 5.74) is 0.869. The lowest BCUT2D eigenvalue weighted by atomic mass is 9.96. The minimum absolute atomic E-state index is 0.0964. The van der Waals surface area contributed by atoms with Crippen LogP contribution in [0.1, 0.15) is 27.2 Å². The van der Waals surface area contributed by atoms with Crippen molar-refractivity contribution in [3.8, 4) is 0 Å². The van der Waals surface area contributed by atoms with Crippen molar-refractivity contribution in [3.63, 3.8) is 0 Å². The molecule has 0 heterocycles. The first kappa shape index (κ1) is 13.2. The van der Waals surface area contributed by atoms with Crippen molar-refractivity contribution in [1.29, 1.82) is 0 Å². The summed E-state index contributed by atoms with van der Waals surface area (Å²) in [6.07, 6.45) is 0.990. The summed E-state index contributed by atoms with van der Waals surface area (Å²) in [6.45, 7) is 10.3. The van der Waals surface area contributed by atoms with E-state index in [1.54, 1.807) is 6.92 Å². The first-order chi connectivity index (χ1) is 6.52. The molecule has 0 saturated heterocycles. The Balaban J connectivity index is 4.23. The lowest BCUT2D eigenvalue weighted by Gasteiger charge is -2.23. The molecule has 0 aliphatic rings. The summed E-state index contributed by atoms with van der Waals surface area (Å²) in [4.78, 5) is 11.4. The molecule has 3 heteroatoms. The number of hydrogen-bond acceptors (Lipinski definition) is 3. The first-order valence-corrected chi connectivity index (χ1v) is 5.12. The lowest BCUT2D eigenvalue weighted by molar-refractivity contribution is -0.119. The number of likely N-dealkylation sites (N-methyl/N-ethyl adjacent to an activating group) is 1. The number of ketones is 1. The molecule has 3 nitrogen and oxygen atoms in total. The smallest absolute Gasteiger partial charge is 0.152 e. The van der Waals surface area contributed by atoms with Crippen LogP contribution in [0.15, 0.2) is 12.3 Å². The third kappa shape index (κ3) is 4.42. The van der Waals surface area contributed by atoms with Crippen LogP contribution in [-0.2, 0) is 4.79 Å². The van der Waals surface area contributed by atoms with Gasteiger partial charge in [0.25, 0.3) is 0 Å². The zero-order valence-electron chi connectivity index (χ0n) is 9.68. The van der Waals surface area contributed by atoms with E-state index in [0.717, 1.165) is 12.1 Å². The predicted octanol–water partition coefficient (Wildman–Crippen LogP) is 1.31. The van der Waals surface area contributed by atoms with Gasteiger partial charge in [0.05, 0.1) is 6.04 Å². The molecule has 0 radical (unpaired) electrons. The third-order valence-corrected chi connectivity index (χ3v) is 2.40. The second kappa shape index (κ2) is 6.60. The Kier molecular flexibility index (Phi) is 6.21. The summed E-state index contributed by atoms with van der Waals surface area (Å²) in [7, 11) is 1.86. The van der Waals surface area contributed by atoms with Gasteiger partial charge >= 0.3 is 0 Å². The van der Waals surface area contributed by atoms with E-state index >= 15 is 0 Å². The second-order valence-corrected chi connectivity index (χ2v) is 3.75. The molecule has 0 aromatic rings. The Hall–Kier alpha value is -0.830. The molecule has 0 bridgehead atoms. The predicted molar refractivity (Wildman–Crippen MR) is 60.1 cm³/mol. The molecule has 0 fully saturated rings. The van der Waals surface area contributed by atoms with Gasteiger partial charge in [-0.3, -0.25) is 4.79 Å². The van der Waals surface area contributed by atoms with E-state index in [1.165, 1.54) is 0 Å². The van der Waals surface area contributed by atoms with Crippen LogP contribution in [0, 0.1) is 5.92 Å². The van der Waals surface area contributed by atoms with E-state index in [4.69, 9.17) is 0 Å². The first-order valence-electron chi connectivity index (χ1n) is 5.12. The molecule has 0 aliphatic heterocycles. The summed E-state index contributed by atoms with van der Waals surface area (Å²) in [5.74, 6) is 0.526. The second-order valence-electron chi connectivity index (χ2n) is 3.75. The molecule has 14 heavy (non-hydrogen) atoms. The van der Waals surface area contributed by atoms with E-state index < -0.39 is 0 Å². The number of nitrogens with one attached hydrogen (secondary N) is 2. The molecule has 0 aromatic heterocycles. The molecular weight excluding hydrogens is 176 g/mol. The normalized spacial score (nSPS) is 14.6. The Labute approximate surface area is 87.0 Å². The maximum atomic E-state index is 11.4. The summed E-state index contributed by atoms with van der Waals surface area (Å²) >= 11 is 0. The number of rotatable bonds is 7. The monoisotopic (exact) mass is 198 g/mol. The highest BCUT2D eigenvalue weighted by atomic mass is 16.1. The van der Waals surface area contributed by atoms with Gasteiger partial charge in [-0.1, -0.05) is 26.8 Å². The average molecular weight is 198 g/mol. The van der Waals surface area contributed by atoms with Crippen molar-refractivity contribution in [1.82, 2.24) is 10.6 Å². The van der Waals surface area contributed by atoms with E-state index in [9.17, 15) is 4.79 Å². The number of hydrogen-bond donors (Lipinski definition) is 2. The van der Waals surface area contributed by atoms with E-state index in [1.807, 2.05) is 7.05 Å². The van der Waals surface area contributed by atoms with Crippen LogP contribution >= 0.6 is 0 Å². The molecule has 0 spiro atoms. The number of Topliss-reactive ketones (excluding diaryl/α,β-unsaturated/α-hetero) is 1. The van der Waals surface area contributed by atoms with Crippen molar-refractivity contribution in [3.05, 3.63) is 12.3 Å². The van der Waals surface area contributed by atoms with Crippen LogP contribution in [0.25, 0.3) is 0 Å². The average Bonchev–Trinajstić information content (AvgIpc) is 2.13. The van der Waals surface area contributed by atoms with Crippen molar-refractivity contribution in [2.75, 3.05) is 13.6 Å². The highest BCUT2D eigenvalue weighted by molar-refractivity contribution is 5.82. The van der Waals surface area contributed by atoms with Gasteiger partial charge in [0.1, 0.15) is 0 Å². The third-order valence-electron chi connectivity index (χ3n) is 2.40. The Bertz CT molecular complexity index is 201. The van der Waals surface area contributed by atoms with Crippen molar-refractivity contribution >= 4 is 5.78 Å². The molecule has 2 N–H and O–H groups in total. The molecule has 0 amide bonds. The highest BCUT2D eigenvalue weighted by Crippen LogP contribution is 2.09. The van der Waals surface area contributed by atoms with E-state index in [0.29, 0.717) is 12.5 Å². The fourth-order valence-corrected chi connectivity index (χ4v) is 1.36. The van der Waals surface area contributed by atoms with Gasteiger partial charge in [-0.25, -0.2) is 0 Å². The van der Waals surface area contributed by atoms with Gasteiger partial charge in [0, 0.05) is 12.2 Å². The lowest BCUT2D eigenvalue weighted by Crippen LogP contribution is -2.41. The summed E-state index contributed by atoms with van der Waals surface area (Å²) < 4.78 is 0. The Morgan fingerprint density at radius 1 is 1.50 bits per heavy atom. The largest absolute Gasteiger partial charge is 0.378 e. The van der Waals surface area contributed by atoms with Crippen molar-refractivity contribution < 1.29 is 4.79 Å². The van der Waals surface area contributed by atoms with Gasteiger partial charge in [-0.05, 0) is 19.9 Å². The van der Waals surface area contributed by atoms with Crippen LogP contribution < -0.4 is 10.6 Å². The van der Waals surface area contributed by atoms with Gasteiger partial charge in [0.15, 0.2) is 5.78 Å². The molecule has 2 atom stereocenters. The van der Waals surface area contributed by atoms with Gasteiger partial charge in [0.2, 0.25) is 0 Å². The summed E-state index contributed by atoms with van der Waals surface area (Å²) in [5, 5.41) is 6.16. The van der Waals surface area contributed by atoms with Gasteiger partial charge in [-0.15, -0.1) is 0 Å². The molecule has 0 saturated carbocycles. The molecule has 0 aliphatic carbocycles. The molecule has 0 aromatic carbocycles. The van der Waals surface area contributed by atoms with E-state index in [-0.39, 0.29) is 11.8 Å². The zero-order valence-corrected chi connectivity index (χ0v) is 9.68. The van der Waals surface area contributed by atoms with Crippen molar-refractivity contribution in [2.45, 2.75) is 33.2 Å². The standard InChI is InChI=1S/C11H22N2O/c1-6-8(2)11(10(4)14)13-9(3)7-12-5/h8,11-13H,3,6-7H2,1-2,4-5H3. The quantitative estimate of drug-likeness (QED) is 0.648.